The van der Waals surface area contributed by atoms with Gasteiger partial charge in [-0.3, -0.25) is 9.59 Å². The van der Waals surface area contributed by atoms with Crippen molar-refractivity contribution in [3.8, 4) is 17.0 Å². The zero-order chi connectivity index (χ0) is 29.2. The van der Waals surface area contributed by atoms with Gasteiger partial charge in [-0.1, -0.05) is 6.07 Å². The molecule has 1 saturated carbocycles. The van der Waals surface area contributed by atoms with Crippen molar-refractivity contribution in [1.82, 2.24) is 9.88 Å². The van der Waals surface area contributed by atoms with Crippen LogP contribution in [0, 0.1) is 5.92 Å². The summed E-state index contributed by atoms with van der Waals surface area (Å²) in [6.45, 7) is 2.93. The van der Waals surface area contributed by atoms with Crippen LogP contribution in [0.4, 0.5) is 26.3 Å². The van der Waals surface area contributed by atoms with E-state index in [-0.39, 0.29) is 48.2 Å². The second kappa shape index (κ2) is 11.4. The van der Waals surface area contributed by atoms with Crippen molar-refractivity contribution in [2.45, 2.75) is 51.3 Å². The van der Waals surface area contributed by atoms with Crippen LogP contribution in [0.1, 0.15) is 43.4 Å². The van der Waals surface area contributed by atoms with E-state index >= 15 is 0 Å². The third kappa shape index (κ3) is 7.40. The van der Waals surface area contributed by atoms with E-state index in [9.17, 15) is 44.3 Å². The third-order valence-electron chi connectivity index (χ3n) is 5.74. The summed E-state index contributed by atoms with van der Waals surface area (Å²) in [5, 5.41) is 0. The highest BCUT2D eigenvalue weighted by Gasteiger charge is 2.49. The normalized spacial score (nSPS) is 14.2. The van der Waals surface area contributed by atoms with Crippen molar-refractivity contribution in [2.24, 2.45) is 5.92 Å². The zero-order valence-corrected chi connectivity index (χ0v) is 21.5. The van der Waals surface area contributed by atoms with Gasteiger partial charge in [0.1, 0.15) is 0 Å². The Morgan fingerprint density at radius 1 is 1.05 bits per heavy atom. The number of carbonyl (C=O) groups is 2. The van der Waals surface area contributed by atoms with Crippen molar-refractivity contribution in [3.63, 3.8) is 0 Å². The lowest BCUT2D eigenvalue weighted by molar-refractivity contribution is -0.142. The van der Waals surface area contributed by atoms with Crippen molar-refractivity contribution in [2.75, 3.05) is 13.2 Å². The molecule has 1 aliphatic rings. The topological polar surface area (TPSA) is 103 Å². The average Bonchev–Trinajstić information content (AvgIpc) is 3.67. The minimum absolute atomic E-state index is 0.0229. The van der Waals surface area contributed by atoms with Crippen LogP contribution in [0.5, 0.6) is 5.88 Å². The van der Waals surface area contributed by atoms with Crippen LogP contribution in [0.25, 0.3) is 11.1 Å². The number of nitrogens with zero attached hydrogens (tertiary/aromatic N) is 2. The minimum atomic E-state index is -6.21. The predicted molar refractivity (Wildman–Crippen MR) is 124 cm³/mol. The van der Waals surface area contributed by atoms with E-state index < -0.39 is 51.2 Å². The fourth-order valence-electron chi connectivity index (χ4n) is 3.68. The number of pyridine rings is 1. The van der Waals surface area contributed by atoms with E-state index in [4.69, 9.17) is 4.74 Å². The number of ether oxygens (including phenoxy) is 1. The molecule has 214 valence electrons. The molecule has 1 fully saturated rings. The van der Waals surface area contributed by atoms with E-state index in [0.29, 0.717) is 18.9 Å². The Morgan fingerprint density at radius 2 is 1.72 bits per heavy atom. The number of hydrogen-bond acceptors (Lipinski definition) is 7. The molecule has 15 heteroatoms. The molecule has 0 saturated heterocycles. The van der Waals surface area contributed by atoms with Gasteiger partial charge in [-0.15, -0.1) is 0 Å². The molecule has 0 unspecified atom stereocenters. The van der Waals surface area contributed by atoms with Crippen LogP contribution in [0.3, 0.4) is 0 Å². The summed E-state index contributed by atoms with van der Waals surface area (Å²) in [5.74, 6) is -2.38. The Balaban J connectivity index is 2.20. The van der Waals surface area contributed by atoms with Gasteiger partial charge in [-0.25, -0.2) is 4.98 Å². The Kier molecular flexibility index (Phi) is 8.82. The second-order valence-corrected chi connectivity index (χ2v) is 10.2. The molecule has 0 spiro atoms. The molecule has 8 nitrogen and oxygen atoms in total. The van der Waals surface area contributed by atoms with Gasteiger partial charge in [0, 0.05) is 30.8 Å². The van der Waals surface area contributed by atoms with Gasteiger partial charge in [-0.2, -0.15) is 34.8 Å². The smallest absolute Gasteiger partial charge is 0.466 e. The molecule has 1 amide bonds. The number of rotatable bonds is 10. The monoisotopic (exact) mass is 582 g/mol. The maximum absolute atomic E-state index is 13.6. The van der Waals surface area contributed by atoms with Gasteiger partial charge in [0.05, 0.1) is 18.6 Å². The van der Waals surface area contributed by atoms with Crippen molar-refractivity contribution in [3.05, 3.63) is 47.2 Å². The van der Waals surface area contributed by atoms with Crippen molar-refractivity contribution in [1.29, 1.82) is 0 Å². The third-order valence-corrected chi connectivity index (χ3v) is 6.68. The van der Waals surface area contributed by atoms with Gasteiger partial charge in [0.25, 0.3) is 0 Å². The molecule has 0 atom stereocenters. The minimum Gasteiger partial charge on any atom is -0.466 e. The summed E-state index contributed by atoms with van der Waals surface area (Å²) in [6.07, 6.45) is -3.08. The molecule has 1 heterocycles. The molecule has 1 aliphatic carbocycles. The lowest BCUT2D eigenvalue weighted by Gasteiger charge is -2.24. The molecule has 0 N–H and O–H groups in total. The Labute approximate surface area is 220 Å². The largest absolute Gasteiger partial charge is 0.534 e. The highest BCUT2D eigenvalue weighted by molar-refractivity contribution is 7.88. The number of alkyl halides is 6. The summed E-state index contributed by atoms with van der Waals surface area (Å²) in [4.78, 5) is 29.6. The molecule has 0 bridgehead atoms. The number of benzene rings is 1. The van der Waals surface area contributed by atoms with Gasteiger partial charge < -0.3 is 13.8 Å². The van der Waals surface area contributed by atoms with Crippen molar-refractivity contribution < 1.29 is 53.3 Å². The van der Waals surface area contributed by atoms with Crippen LogP contribution < -0.4 is 4.18 Å². The first-order chi connectivity index (χ1) is 18.1. The SMILES string of the molecule is CCOC(=O)Cc1cnc(OS(=O)(=O)C(F)(F)F)c(-c2ccc(C(F)(F)F)cc2CN(CC)C(=O)C2CC2)c1. The fourth-order valence-corrected chi connectivity index (χ4v) is 4.12. The number of hydrogen-bond donors (Lipinski definition) is 0. The first-order valence-electron chi connectivity index (χ1n) is 11.7. The summed E-state index contributed by atoms with van der Waals surface area (Å²) in [7, 11) is -6.21. The number of halogens is 6. The zero-order valence-electron chi connectivity index (χ0n) is 20.7. The van der Waals surface area contributed by atoms with E-state index in [1.807, 2.05) is 0 Å². The van der Waals surface area contributed by atoms with Gasteiger partial charge in [-0.05, 0) is 61.6 Å². The summed E-state index contributed by atoms with van der Waals surface area (Å²) >= 11 is 0. The lowest BCUT2D eigenvalue weighted by atomic mass is 9.96. The summed E-state index contributed by atoms with van der Waals surface area (Å²) < 4.78 is 112. The van der Waals surface area contributed by atoms with Gasteiger partial charge >= 0.3 is 27.8 Å². The first-order valence-corrected chi connectivity index (χ1v) is 13.1. The molecule has 1 aromatic heterocycles. The van der Waals surface area contributed by atoms with Crippen LogP contribution in [-0.2, 0) is 43.6 Å². The number of aromatic nitrogens is 1. The molecule has 0 radical (unpaired) electrons. The van der Waals surface area contributed by atoms with E-state index in [1.54, 1.807) is 6.92 Å². The summed E-state index contributed by atoms with van der Waals surface area (Å²) in [6, 6.07) is 3.37. The van der Waals surface area contributed by atoms with Crippen LogP contribution >= 0.6 is 0 Å². The number of esters is 1. The molecule has 0 aliphatic heterocycles. The first kappa shape index (κ1) is 30.2. The number of carbonyl (C=O) groups excluding carboxylic acids is 2. The molecule has 39 heavy (non-hydrogen) atoms. The highest BCUT2D eigenvalue weighted by Crippen LogP contribution is 2.39. The Hall–Kier alpha value is -3.36. The van der Waals surface area contributed by atoms with Crippen molar-refractivity contribution >= 4 is 22.0 Å². The number of amides is 1. The fraction of sp³-hybridized carbons (Fsp3) is 0.458. The second-order valence-electron chi connectivity index (χ2n) is 8.66. The lowest BCUT2D eigenvalue weighted by Crippen LogP contribution is -2.32. The summed E-state index contributed by atoms with van der Waals surface area (Å²) in [5.41, 5.74) is -7.61. The van der Waals surface area contributed by atoms with Gasteiger partial charge in [0.15, 0.2) is 0 Å². The molecular weight excluding hydrogens is 558 g/mol. The highest BCUT2D eigenvalue weighted by atomic mass is 32.2. The van der Waals surface area contributed by atoms with E-state index in [1.165, 1.54) is 11.8 Å². The van der Waals surface area contributed by atoms with Gasteiger partial charge in [0.2, 0.25) is 11.8 Å². The Bertz CT molecular complexity index is 1340. The average molecular weight is 583 g/mol. The van der Waals surface area contributed by atoms with E-state index in [0.717, 1.165) is 24.4 Å². The standard InChI is InChI=1S/C24H24F6N2O6S/c1-3-32(22(34)15-5-6-15)13-16-11-17(23(25,26)27)7-8-18(16)19-9-14(10-20(33)37-4-2)12-31-21(19)38-39(35,36)24(28,29)30/h7-9,11-12,15H,3-6,10,13H2,1-2H3. The molecular formula is C24H24F6N2O6S. The predicted octanol–water partition coefficient (Wildman–Crippen LogP) is 4.86. The molecule has 1 aromatic carbocycles. The van der Waals surface area contributed by atoms with Crippen LogP contribution in [0.15, 0.2) is 30.5 Å². The maximum Gasteiger partial charge on any atom is 0.534 e. The van der Waals surface area contributed by atoms with Crippen LogP contribution in [0.2, 0.25) is 0 Å². The quantitative estimate of drug-likeness (QED) is 0.171. The van der Waals surface area contributed by atoms with E-state index in [2.05, 4.69) is 9.17 Å². The molecule has 3 rings (SSSR count). The maximum atomic E-state index is 13.6. The Morgan fingerprint density at radius 3 is 2.26 bits per heavy atom. The molecule has 2 aromatic rings. The van der Waals surface area contributed by atoms with Crippen LogP contribution in [-0.4, -0.2) is 48.8 Å².